The van der Waals surface area contributed by atoms with Crippen LogP contribution in [0.1, 0.15) is 42.5 Å². The van der Waals surface area contributed by atoms with Gasteiger partial charge in [-0.05, 0) is 35.9 Å². The predicted molar refractivity (Wildman–Crippen MR) is 114 cm³/mol. The molecular weight excluding hydrogens is 385 g/mol. The van der Waals surface area contributed by atoms with Gasteiger partial charge in [-0.2, -0.15) is 5.10 Å². The van der Waals surface area contributed by atoms with E-state index in [0.29, 0.717) is 29.4 Å². The molecule has 0 bridgehead atoms. The average molecular weight is 411 g/mol. The minimum atomic E-state index is -0.345. The molecule has 3 rings (SSSR count). The van der Waals surface area contributed by atoms with Gasteiger partial charge in [-0.1, -0.05) is 39.0 Å². The van der Waals surface area contributed by atoms with Crippen molar-refractivity contribution >= 4 is 11.6 Å². The van der Waals surface area contributed by atoms with Crippen molar-refractivity contribution < 1.29 is 18.7 Å². The largest absolute Gasteiger partial charge is 0.494 e. The Balaban J connectivity index is 1.99. The molecule has 30 heavy (non-hydrogen) atoms. The average Bonchev–Trinajstić information content (AvgIpc) is 3.14. The number of aromatic nitrogens is 2. The number of carbonyl (C=O) groups excluding carboxylic acids is 1. The van der Waals surface area contributed by atoms with Crippen LogP contribution in [-0.4, -0.2) is 29.9 Å². The van der Waals surface area contributed by atoms with Gasteiger partial charge in [0.25, 0.3) is 5.91 Å². The minimum absolute atomic E-state index is 0.245. The van der Waals surface area contributed by atoms with Crippen molar-refractivity contribution in [2.45, 2.75) is 32.7 Å². The minimum Gasteiger partial charge on any atom is -0.494 e. The van der Waals surface area contributed by atoms with Crippen LogP contribution in [0.4, 0.5) is 10.1 Å². The Morgan fingerprint density at radius 2 is 1.67 bits per heavy atom. The van der Waals surface area contributed by atoms with Crippen LogP contribution in [0.25, 0.3) is 0 Å². The number of hydrogen-bond donors (Lipinski definition) is 1. The molecule has 1 N–H and O–H groups in total. The number of amides is 1. The molecule has 0 aliphatic carbocycles. The van der Waals surface area contributed by atoms with Gasteiger partial charge in [-0.25, -0.2) is 4.39 Å². The van der Waals surface area contributed by atoms with E-state index < -0.39 is 0 Å². The molecule has 0 saturated carbocycles. The van der Waals surface area contributed by atoms with Gasteiger partial charge in [0, 0.05) is 5.41 Å². The third kappa shape index (κ3) is 4.62. The van der Waals surface area contributed by atoms with Gasteiger partial charge >= 0.3 is 0 Å². The smallest absolute Gasteiger partial charge is 0.274 e. The van der Waals surface area contributed by atoms with E-state index >= 15 is 0 Å². The van der Waals surface area contributed by atoms with Crippen LogP contribution in [-0.2, 0) is 12.0 Å². The summed E-state index contributed by atoms with van der Waals surface area (Å²) in [4.78, 5) is 13.2. The summed E-state index contributed by atoms with van der Waals surface area (Å²) in [5.41, 5.74) is 2.20. The number of rotatable bonds is 6. The zero-order valence-corrected chi connectivity index (χ0v) is 17.8. The van der Waals surface area contributed by atoms with Crippen molar-refractivity contribution in [2.24, 2.45) is 0 Å². The molecule has 0 aliphatic rings. The summed E-state index contributed by atoms with van der Waals surface area (Å²) < 4.78 is 25.6. The quantitative estimate of drug-likeness (QED) is 0.642. The predicted octanol–water partition coefficient (Wildman–Crippen LogP) is 4.64. The molecule has 3 aromatic rings. The second-order valence-corrected chi connectivity index (χ2v) is 7.94. The zero-order chi connectivity index (χ0) is 21.9. The first-order valence-corrected chi connectivity index (χ1v) is 9.58. The molecule has 0 unspecified atom stereocenters. The van der Waals surface area contributed by atoms with Crippen LogP contribution in [0.15, 0.2) is 48.5 Å². The highest BCUT2D eigenvalue weighted by Gasteiger charge is 2.24. The molecule has 0 spiro atoms. The lowest BCUT2D eigenvalue weighted by Crippen LogP contribution is -2.19. The highest BCUT2D eigenvalue weighted by Crippen LogP contribution is 2.34. The molecule has 1 heterocycles. The fourth-order valence-corrected chi connectivity index (χ4v) is 3.00. The first-order chi connectivity index (χ1) is 14.2. The van der Waals surface area contributed by atoms with Crippen molar-refractivity contribution in [1.82, 2.24) is 9.78 Å². The van der Waals surface area contributed by atoms with Crippen molar-refractivity contribution in [1.29, 1.82) is 0 Å². The Kier molecular flexibility index (Phi) is 6.10. The Hall–Kier alpha value is -3.35. The number of hydrogen-bond acceptors (Lipinski definition) is 4. The number of ether oxygens (including phenoxy) is 2. The first kappa shape index (κ1) is 21.4. The van der Waals surface area contributed by atoms with Gasteiger partial charge in [-0.15, -0.1) is 0 Å². The summed E-state index contributed by atoms with van der Waals surface area (Å²) in [7, 11) is 3.06. The van der Waals surface area contributed by atoms with Crippen LogP contribution >= 0.6 is 0 Å². The molecule has 0 radical (unpaired) electrons. The SMILES string of the molecule is COc1cccc(OC)c1NC(=O)c1cc(C(C)(C)C)nn1Cc1ccc(F)cc1. The third-order valence-corrected chi connectivity index (χ3v) is 4.69. The number of para-hydroxylation sites is 1. The van der Waals surface area contributed by atoms with Gasteiger partial charge in [0.05, 0.1) is 26.5 Å². The molecule has 1 amide bonds. The Morgan fingerprint density at radius 1 is 1.07 bits per heavy atom. The zero-order valence-electron chi connectivity index (χ0n) is 17.8. The Labute approximate surface area is 175 Å². The van der Waals surface area contributed by atoms with E-state index in [0.717, 1.165) is 11.3 Å². The van der Waals surface area contributed by atoms with E-state index in [2.05, 4.69) is 10.4 Å². The normalized spacial score (nSPS) is 11.3. The molecule has 0 fully saturated rings. The highest BCUT2D eigenvalue weighted by molar-refractivity contribution is 6.05. The standard InChI is InChI=1S/C23H26FN3O3/c1-23(2,3)20-13-17(27(26-20)14-15-9-11-16(24)12-10-15)22(28)25-21-18(29-4)7-6-8-19(21)30-5/h6-13H,14H2,1-5H3,(H,25,28). The molecule has 1 aromatic heterocycles. The Morgan fingerprint density at radius 3 is 2.20 bits per heavy atom. The number of benzene rings is 2. The van der Waals surface area contributed by atoms with Gasteiger partial charge in [0.15, 0.2) is 0 Å². The molecular formula is C23H26FN3O3. The van der Waals surface area contributed by atoms with Gasteiger partial charge in [0.2, 0.25) is 0 Å². The van der Waals surface area contributed by atoms with Crippen LogP contribution in [0, 0.1) is 5.82 Å². The van der Waals surface area contributed by atoms with E-state index in [4.69, 9.17) is 9.47 Å². The van der Waals surface area contributed by atoms with E-state index in [1.165, 1.54) is 26.4 Å². The summed E-state index contributed by atoms with van der Waals surface area (Å²) >= 11 is 0. The fraction of sp³-hybridized carbons (Fsp3) is 0.304. The molecule has 0 atom stereocenters. The van der Waals surface area contributed by atoms with Crippen molar-refractivity contribution in [3.05, 3.63) is 71.3 Å². The lowest BCUT2D eigenvalue weighted by Gasteiger charge is -2.14. The van der Waals surface area contributed by atoms with Gasteiger partial charge < -0.3 is 14.8 Å². The van der Waals surface area contributed by atoms with Crippen molar-refractivity contribution in [2.75, 3.05) is 19.5 Å². The maximum absolute atomic E-state index is 13.3. The van der Waals surface area contributed by atoms with E-state index in [1.807, 2.05) is 20.8 Å². The molecule has 158 valence electrons. The summed E-state index contributed by atoms with van der Waals surface area (Å²) in [5.74, 6) is 0.324. The second-order valence-electron chi connectivity index (χ2n) is 7.94. The number of nitrogens with zero attached hydrogens (tertiary/aromatic N) is 2. The van der Waals surface area contributed by atoms with Crippen LogP contribution in [0.2, 0.25) is 0 Å². The second kappa shape index (κ2) is 8.57. The summed E-state index contributed by atoms with van der Waals surface area (Å²) in [5, 5.41) is 7.53. The molecule has 7 heteroatoms. The van der Waals surface area contributed by atoms with E-state index in [9.17, 15) is 9.18 Å². The van der Waals surface area contributed by atoms with Crippen LogP contribution in [0.3, 0.4) is 0 Å². The van der Waals surface area contributed by atoms with Gasteiger partial charge in [0.1, 0.15) is 28.7 Å². The molecule has 0 aliphatic heterocycles. The van der Waals surface area contributed by atoms with E-state index in [-0.39, 0.29) is 17.1 Å². The number of halogens is 1. The Bertz CT molecular complexity index is 1010. The molecule has 2 aromatic carbocycles. The van der Waals surface area contributed by atoms with Gasteiger partial charge in [-0.3, -0.25) is 9.48 Å². The summed E-state index contributed by atoms with van der Waals surface area (Å²) in [6.45, 7) is 6.43. The lowest BCUT2D eigenvalue weighted by atomic mass is 9.92. The fourth-order valence-electron chi connectivity index (χ4n) is 3.00. The van der Waals surface area contributed by atoms with Crippen molar-refractivity contribution in [3.63, 3.8) is 0 Å². The first-order valence-electron chi connectivity index (χ1n) is 9.58. The molecule has 0 saturated heterocycles. The van der Waals surface area contributed by atoms with Crippen molar-refractivity contribution in [3.8, 4) is 11.5 Å². The maximum atomic E-state index is 13.3. The topological polar surface area (TPSA) is 65.4 Å². The highest BCUT2D eigenvalue weighted by atomic mass is 19.1. The van der Waals surface area contributed by atoms with E-state index in [1.54, 1.807) is 41.1 Å². The molecule has 6 nitrogen and oxygen atoms in total. The number of anilines is 1. The summed E-state index contributed by atoms with van der Waals surface area (Å²) in [6.07, 6.45) is 0. The monoisotopic (exact) mass is 411 g/mol. The number of methoxy groups -OCH3 is 2. The summed E-state index contributed by atoms with van der Waals surface area (Å²) in [6, 6.07) is 13.2. The lowest BCUT2D eigenvalue weighted by molar-refractivity contribution is 0.101. The number of carbonyl (C=O) groups is 1. The number of nitrogens with one attached hydrogen (secondary N) is 1. The third-order valence-electron chi connectivity index (χ3n) is 4.69. The maximum Gasteiger partial charge on any atom is 0.274 e. The van der Waals surface area contributed by atoms with Crippen LogP contribution in [0.5, 0.6) is 11.5 Å². The van der Waals surface area contributed by atoms with Crippen LogP contribution < -0.4 is 14.8 Å².